The van der Waals surface area contributed by atoms with Gasteiger partial charge in [0, 0.05) is 31.5 Å². The normalized spacial score (nSPS) is 10.3. The zero-order chi connectivity index (χ0) is 12.8. The maximum Gasteiger partial charge on any atom is 0.129 e. The van der Waals surface area contributed by atoms with Crippen LogP contribution in [0.1, 0.15) is 18.2 Å². The van der Waals surface area contributed by atoms with Crippen LogP contribution in [0.2, 0.25) is 0 Å². The van der Waals surface area contributed by atoms with Crippen molar-refractivity contribution in [3.63, 3.8) is 0 Å². The van der Waals surface area contributed by atoms with E-state index in [4.69, 9.17) is 15.9 Å². The summed E-state index contributed by atoms with van der Waals surface area (Å²) in [5, 5.41) is 7.44. The summed E-state index contributed by atoms with van der Waals surface area (Å²) in [6, 6.07) is 3.63. The first-order valence-corrected chi connectivity index (χ1v) is 5.66. The summed E-state index contributed by atoms with van der Waals surface area (Å²) in [5.41, 5.74) is 7.05. The van der Waals surface area contributed by atoms with Crippen molar-refractivity contribution in [2.24, 2.45) is 5.73 Å². The van der Waals surface area contributed by atoms with Crippen molar-refractivity contribution in [1.29, 1.82) is 5.41 Å². The third kappa shape index (κ3) is 4.03. The molecule has 0 radical (unpaired) electrons. The molecule has 0 aromatic carbocycles. The van der Waals surface area contributed by atoms with E-state index in [9.17, 15) is 0 Å². The summed E-state index contributed by atoms with van der Waals surface area (Å²) in [6.45, 7) is 6.01. The van der Waals surface area contributed by atoms with Gasteiger partial charge in [-0.1, -0.05) is 0 Å². The molecule has 5 heteroatoms. The summed E-state index contributed by atoms with van der Waals surface area (Å²) >= 11 is 0. The van der Waals surface area contributed by atoms with Crippen LogP contribution >= 0.6 is 0 Å². The number of pyridine rings is 1. The van der Waals surface area contributed by atoms with Gasteiger partial charge in [0.25, 0.3) is 0 Å². The van der Waals surface area contributed by atoms with Crippen molar-refractivity contribution < 1.29 is 4.74 Å². The lowest BCUT2D eigenvalue weighted by molar-refractivity contribution is 0.154. The number of ether oxygens (including phenoxy) is 1. The van der Waals surface area contributed by atoms with Crippen molar-refractivity contribution in [3.8, 4) is 0 Å². The van der Waals surface area contributed by atoms with Gasteiger partial charge in [0.15, 0.2) is 0 Å². The van der Waals surface area contributed by atoms with Gasteiger partial charge in [-0.3, -0.25) is 5.41 Å². The molecule has 0 saturated carbocycles. The molecule has 1 rings (SSSR count). The lowest BCUT2D eigenvalue weighted by Gasteiger charge is -2.19. The molecule has 1 aromatic rings. The number of aromatic nitrogens is 1. The standard InChI is InChI=1S/C12H20N4O/c1-4-17-6-5-16(3)11-8-10(12(13)14)7-9(2)15-11/h7-8H,4-6H2,1-3H3,(H3,13,14). The molecule has 94 valence electrons. The number of anilines is 1. The fraction of sp³-hybridized carbons (Fsp3) is 0.500. The molecule has 0 unspecified atom stereocenters. The molecular weight excluding hydrogens is 216 g/mol. The summed E-state index contributed by atoms with van der Waals surface area (Å²) in [6.07, 6.45) is 0. The summed E-state index contributed by atoms with van der Waals surface area (Å²) < 4.78 is 5.30. The van der Waals surface area contributed by atoms with E-state index in [0.717, 1.165) is 18.1 Å². The Bertz CT molecular complexity index is 392. The topological polar surface area (TPSA) is 75.2 Å². The van der Waals surface area contributed by atoms with Gasteiger partial charge in [-0.2, -0.15) is 0 Å². The van der Waals surface area contributed by atoms with E-state index in [1.54, 1.807) is 0 Å². The molecule has 1 heterocycles. The average molecular weight is 236 g/mol. The second-order valence-electron chi connectivity index (χ2n) is 3.89. The van der Waals surface area contributed by atoms with Gasteiger partial charge in [0.1, 0.15) is 11.7 Å². The Morgan fingerprint density at radius 1 is 1.53 bits per heavy atom. The van der Waals surface area contributed by atoms with Gasteiger partial charge in [-0.25, -0.2) is 4.98 Å². The van der Waals surface area contributed by atoms with Crippen LogP contribution in [-0.2, 0) is 4.74 Å². The number of nitrogen functional groups attached to an aromatic ring is 1. The number of rotatable bonds is 6. The first-order valence-electron chi connectivity index (χ1n) is 5.66. The average Bonchev–Trinajstić information content (AvgIpc) is 2.28. The third-order valence-corrected chi connectivity index (χ3v) is 2.42. The Morgan fingerprint density at radius 2 is 2.24 bits per heavy atom. The van der Waals surface area contributed by atoms with Crippen LogP contribution in [0.3, 0.4) is 0 Å². The van der Waals surface area contributed by atoms with Gasteiger partial charge in [0.2, 0.25) is 0 Å². The second-order valence-corrected chi connectivity index (χ2v) is 3.89. The molecule has 0 spiro atoms. The first-order chi connectivity index (χ1) is 8.04. The SMILES string of the molecule is CCOCCN(C)c1cc(C(=N)N)cc(C)n1. The molecular formula is C12H20N4O. The number of aryl methyl sites for hydroxylation is 1. The molecule has 0 atom stereocenters. The fourth-order valence-electron chi connectivity index (χ4n) is 1.46. The molecule has 0 aliphatic carbocycles. The summed E-state index contributed by atoms with van der Waals surface area (Å²) in [7, 11) is 1.95. The maximum absolute atomic E-state index is 7.44. The number of hydrogen-bond donors (Lipinski definition) is 2. The quantitative estimate of drug-likeness (QED) is 0.441. The summed E-state index contributed by atoms with van der Waals surface area (Å²) in [4.78, 5) is 6.41. The van der Waals surface area contributed by atoms with Crippen LogP contribution in [0.4, 0.5) is 5.82 Å². The van der Waals surface area contributed by atoms with Gasteiger partial charge in [-0.15, -0.1) is 0 Å². The van der Waals surface area contributed by atoms with Gasteiger partial charge in [0.05, 0.1) is 6.61 Å². The van der Waals surface area contributed by atoms with Crippen molar-refractivity contribution in [2.45, 2.75) is 13.8 Å². The highest BCUT2D eigenvalue weighted by molar-refractivity contribution is 5.95. The second kappa shape index (κ2) is 6.20. The molecule has 0 fully saturated rings. The van der Waals surface area contributed by atoms with Crippen LogP contribution in [0.15, 0.2) is 12.1 Å². The minimum atomic E-state index is 0.0648. The Kier molecular flexibility index (Phi) is 4.90. The monoisotopic (exact) mass is 236 g/mol. The zero-order valence-electron chi connectivity index (χ0n) is 10.7. The number of nitrogens with two attached hydrogens (primary N) is 1. The van der Waals surface area contributed by atoms with Crippen LogP contribution in [-0.4, -0.2) is 37.6 Å². The number of hydrogen-bond acceptors (Lipinski definition) is 4. The van der Waals surface area contributed by atoms with Crippen molar-refractivity contribution >= 4 is 11.7 Å². The van der Waals surface area contributed by atoms with E-state index in [-0.39, 0.29) is 5.84 Å². The predicted octanol–water partition coefficient (Wildman–Crippen LogP) is 1.15. The van der Waals surface area contributed by atoms with Crippen LogP contribution in [0, 0.1) is 12.3 Å². The number of nitrogens with zero attached hydrogens (tertiary/aromatic N) is 2. The zero-order valence-corrected chi connectivity index (χ0v) is 10.7. The highest BCUT2D eigenvalue weighted by Crippen LogP contribution is 2.13. The van der Waals surface area contributed by atoms with Crippen LogP contribution < -0.4 is 10.6 Å². The number of nitrogens with one attached hydrogen (secondary N) is 1. The van der Waals surface area contributed by atoms with E-state index in [1.807, 2.05) is 37.9 Å². The van der Waals surface area contributed by atoms with E-state index in [1.165, 1.54) is 0 Å². The number of amidine groups is 1. The number of likely N-dealkylation sites (N-methyl/N-ethyl adjacent to an activating group) is 1. The molecule has 0 saturated heterocycles. The lowest BCUT2D eigenvalue weighted by Crippen LogP contribution is -2.24. The molecule has 0 aliphatic heterocycles. The molecule has 3 N–H and O–H groups in total. The summed E-state index contributed by atoms with van der Waals surface area (Å²) in [5.74, 6) is 0.880. The van der Waals surface area contributed by atoms with Crippen molar-refractivity contribution in [2.75, 3.05) is 31.7 Å². The molecule has 1 aromatic heterocycles. The molecule has 0 aliphatic rings. The highest BCUT2D eigenvalue weighted by atomic mass is 16.5. The van der Waals surface area contributed by atoms with E-state index in [0.29, 0.717) is 18.8 Å². The highest BCUT2D eigenvalue weighted by Gasteiger charge is 2.06. The smallest absolute Gasteiger partial charge is 0.129 e. The van der Waals surface area contributed by atoms with E-state index in [2.05, 4.69) is 4.98 Å². The van der Waals surface area contributed by atoms with Gasteiger partial charge >= 0.3 is 0 Å². The van der Waals surface area contributed by atoms with Gasteiger partial charge < -0.3 is 15.4 Å². The lowest BCUT2D eigenvalue weighted by atomic mass is 10.2. The van der Waals surface area contributed by atoms with Gasteiger partial charge in [-0.05, 0) is 26.0 Å². The molecule has 17 heavy (non-hydrogen) atoms. The minimum absolute atomic E-state index is 0.0648. The van der Waals surface area contributed by atoms with Crippen molar-refractivity contribution in [3.05, 3.63) is 23.4 Å². The Hall–Kier alpha value is -1.62. The first kappa shape index (κ1) is 13.4. The minimum Gasteiger partial charge on any atom is -0.384 e. The van der Waals surface area contributed by atoms with Crippen LogP contribution in [0.25, 0.3) is 0 Å². The largest absolute Gasteiger partial charge is 0.384 e. The molecule has 0 amide bonds. The van der Waals surface area contributed by atoms with Crippen LogP contribution in [0.5, 0.6) is 0 Å². The molecule has 0 bridgehead atoms. The Labute approximate surface area is 102 Å². The maximum atomic E-state index is 7.44. The Morgan fingerprint density at radius 3 is 2.82 bits per heavy atom. The van der Waals surface area contributed by atoms with Crippen molar-refractivity contribution in [1.82, 2.24) is 4.98 Å². The van der Waals surface area contributed by atoms with E-state index < -0.39 is 0 Å². The fourth-order valence-corrected chi connectivity index (χ4v) is 1.46. The predicted molar refractivity (Wildman–Crippen MR) is 69.8 cm³/mol. The third-order valence-electron chi connectivity index (χ3n) is 2.42. The Balaban J connectivity index is 2.78. The van der Waals surface area contributed by atoms with E-state index >= 15 is 0 Å². The molecule has 5 nitrogen and oxygen atoms in total.